The Morgan fingerprint density at radius 3 is 2.55 bits per heavy atom. The van der Waals surface area contributed by atoms with Crippen LogP contribution in [0.2, 0.25) is 0 Å². The lowest BCUT2D eigenvalue weighted by Crippen LogP contribution is -2.46. The Bertz CT molecular complexity index is 317. The minimum absolute atomic E-state index is 0. The number of aliphatic imine (C=N–C) groups is 1. The first-order valence-corrected chi connectivity index (χ1v) is 8.12. The molecule has 0 aromatic rings. The summed E-state index contributed by atoms with van der Waals surface area (Å²) in [5.74, 6) is 1.55. The second-order valence-electron chi connectivity index (χ2n) is 5.82. The van der Waals surface area contributed by atoms with Crippen LogP contribution >= 0.6 is 24.0 Å². The van der Waals surface area contributed by atoms with E-state index in [0.717, 1.165) is 51.9 Å². The third-order valence-electron chi connectivity index (χ3n) is 3.52. The molecule has 1 heterocycles. The van der Waals surface area contributed by atoms with Crippen LogP contribution in [0.4, 0.5) is 0 Å². The highest BCUT2D eigenvalue weighted by atomic mass is 127. The molecule has 0 bridgehead atoms. The van der Waals surface area contributed by atoms with Crippen LogP contribution in [0, 0.1) is 5.92 Å². The smallest absolute Gasteiger partial charge is 0.191 e. The quantitative estimate of drug-likeness (QED) is 0.271. The van der Waals surface area contributed by atoms with Crippen molar-refractivity contribution in [2.75, 3.05) is 45.9 Å². The van der Waals surface area contributed by atoms with Gasteiger partial charge in [0.25, 0.3) is 0 Å². The Morgan fingerprint density at radius 2 is 2.00 bits per heavy atom. The predicted molar refractivity (Wildman–Crippen MR) is 105 cm³/mol. The van der Waals surface area contributed by atoms with Gasteiger partial charge in [-0.25, -0.2) is 0 Å². The molecule has 0 saturated carbocycles. The molecular formula is C16H33IN4O. The maximum atomic E-state index is 5.46. The maximum Gasteiger partial charge on any atom is 0.191 e. The number of rotatable bonds is 8. The number of nitrogens with zero attached hydrogens (tertiary/aromatic N) is 2. The zero-order valence-electron chi connectivity index (χ0n) is 14.3. The van der Waals surface area contributed by atoms with E-state index in [1.165, 1.54) is 6.42 Å². The highest BCUT2D eigenvalue weighted by Gasteiger charge is 2.21. The van der Waals surface area contributed by atoms with Gasteiger partial charge in [-0.05, 0) is 19.3 Å². The summed E-state index contributed by atoms with van der Waals surface area (Å²) >= 11 is 0. The van der Waals surface area contributed by atoms with E-state index in [1.54, 1.807) is 0 Å². The normalized spacial score (nSPS) is 17.7. The molecule has 0 aliphatic carbocycles. The molecule has 0 aromatic heterocycles. The van der Waals surface area contributed by atoms with Gasteiger partial charge in [0, 0.05) is 32.2 Å². The van der Waals surface area contributed by atoms with Crippen molar-refractivity contribution in [2.24, 2.45) is 10.9 Å². The number of hydrogen-bond donors (Lipinski definition) is 2. The van der Waals surface area contributed by atoms with E-state index in [-0.39, 0.29) is 24.0 Å². The van der Waals surface area contributed by atoms with Gasteiger partial charge >= 0.3 is 0 Å². The van der Waals surface area contributed by atoms with Crippen molar-refractivity contribution in [3.05, 3.63) is 12.7 Å². The van der Waals surface area contributed by atoms with Crippen LogP contribution in [0.25, 0.3) is 0 Å². The monoisotopic (exact) mass is 424 g/mol. The molecule has 130 valence electrons. The summed E-state index contributed by atoms with van der Waals surface area (Å²) in [6, 6.07) is 0.494. The highest BCUT2D eigenvalue weighted by Crippen LogP contribution is 2.14. The molecule has 1 unspecified atom stereocenters. The van der Waals surface area contributed by atoms with Crippen LogP contribution in [-0.2, 0) is 4.74 Å². The fourth-order valence-electron chi connectivity index (χ4n) is 2.53. The van der Waals surface area contributed by atoms with Gasteiger partial charge in [-0.3, -0.25) is 9.89 Å². The molecule has 6 heteroatoms. The highest BCUT2D eigenvalue weighted by molar-refractivity contribution is 14.0. The summed E-state index contributed by atoms with van der Waals surface area (Å²) < 4.78 is 5.46. The summed E-state index contributed by atoms with van der Waals surface area (Å²) in [6.07, 6.45) is 3.02. The Labute approximate surface area is 153 Å². The number of morpholine rings is 1. The van der Waals surface area contributed by atoms with Crippen molar-refractivity contribution < 1.29 is 4.74 Å². The summed E-state index contributed by atoms with van der Waals surface area (Å²) in [6.45, 7) is 16.5. The average molecular weight is 424 g/mol. The van der Waals surface area contributed by atoms with Gasteiger partial charge in [-0.1, -0.05) is 19.9 Å². The van der Waals surface area contributed by atoms with E-state index in [0.29, 0.717) is 12.0 Å². The van der Waals surface area contributed by atoms with Gasteiger partial charge in [-0.2, -0.15) is 0 Å². The predicted octanol–water partition coefficient (Wildman–Crippen LogP) is 2.09. The van der Waals surface area contributed by atoms with Crippen LogP contribution in [0.5, 0.6) is 0 Å². The fourth-order valence-corrected chi connectivity index (χ4v) is 2.53. The second kappa shape index (κ2) is 13.1. The molecule has 1 aliphatic rings. The third-order valence-corrected chi connectivity index (χ3v) is 3.52. The first-order chi connectivity index (χ1) is 10.2. The van der Waals surface area contributed by atoms with Crippen molar-refractivity contribution in [2.45, 2.75) is 33.2 Å². The van der Waals surface area contributed by atoms with Gasteiger partial charge in [0.2, 0.25) is 0 Å². The van der Waals surface area contributed by atoms with Crippen molar-refractivity contribution in [1.82, 2.24) is 15.5 Å². The molecular weight excluding hydrogens is 391 g/mol. The van der Waals surface area contributed by atoms with Crippen LogP contribution in [0.1, 0.15) is 27.2 Å². The average Bonchev–Trinajstić information content (AvgIpc) is 2.49. The van der Waals surface area contributed by atoms with Crippen molar-refractivity contribution in [1.29, 1.82) is 0 Å². The van der Waals surface area contributed by atoms with Gasteiger partial charge in [0.05, 0.1) is 19.8 Å². The molecule has 0 aromatic carbocycles. The third kappa shape index (κ3) is 8.95. The van der Waals surface area contributed by atoms with Crippen molar-refractivity contribution >= 4 is 29.9 Å². The number of nitrogens with one attached hydrogen (secondary N) is 2. The van der Waals surface area contributed by atoms with Gasteiger partial charge in [0.1, 0.15) is 0 Å². The number of hydrogen-bond acceptors (Lipinski definition) is 3. The zero-order valence-corrected chi connectivity index (χ0v) is 16.6. The first-order valence-electron chi connectivity index (χ1n) is 8.12. The summed E-state index contributed by atoms with van der Waals surface area (Å²) in [5, 5.41) is 6.54. The van der Waals surface area contributed by atoms with Crippen LogP contribution in [0.15, 0.2) is 17.6 Å². The van der Waals surface area contributed by atoms with Crippen LogP contribution in [-0.4, -0.2) is 62.8 Å². The number of guanidine groups is 1. The SMILES string of the molecule is C=CCNC(=NCC(CC(C)C)N1CCOCC1)NCC.I. The molecule has 1 atom stereocenters. The molecule has 1 saturated heterocycles. The molecule has 22 heavy (non-hydrogen) atoms. The topological polar surface area (TPSA) is 48.9 Å². The lowest BCUT2D eigenvalue weighted by Gasteiger charge is -2.34. The van der Waals surface area contributed by atoms with Crippen molar-refractivity contribution in [3.63, 3.8) is 0 Å². The van der Waals surface area contributed by atoms with E-state index in [4.69, 9.17) is 9.73 Å². The minimum atomic E-state index is 0. The molecule has 0 radical (unpaired) electrons. The molecule has 2 N–H and O–H groups in total. The number of ether oxygens (including phenoxy) is 1. The molecule has 0 spiro atoms. The lowest BCUT2D eigenvalue weighted by atomic mass is 10.0. The molecule has 1 fully saturated rings. The van der Waals surface area contributed by atoms with Gasteiger partial charge in [-0.15, -0.1) is 30.6 Å². The van der Waals surface area contributed by atoms with E-state index in [1.807, 2.05) is 6.08 Å². The molecule has 5 nitrogen and oxygen atoms in total. The van der Waals surface area contributed by atoms with Gasteiger partial charge < -0.3 is 15.4 Å². The lowest BCUT2D eigenvalue weighted by molar-refractivity contribution is 0.0143. The van der Waals surface area contributed by atoms with E-state index in [9.17, 15) is 0 Å². The standard InChI is InChI=1S/C16H32N4O.HI/c1-5-7-18-16(17-6-2)19-13-15(12-14(3)4)20-8-10-21-11-9-20;/h5,14-15H,1,6-13H2,2-4H3,(H2,17,18,19);1H. The first kappa shape index (κ1) is 21.7. The minimum Gasteiger partial charge on any atom is -0.379 e. The Balaban J connectivity index is 0.00000441. The summed E-state index contributed by atoms with van der Waals surface area (Å²) in [7, 11) is 0. The van der Waals surface area contributed by atoms with Gasteiger partial charge in [0.15, 0.2) is 5.96 Å². The largest absolute Gasteiger partial charge is 0.379 e. The summed E-state index contributed by atoms with van der Waals surface area (Å²) in [4.78, 5) is 7.26. The summed E-state index contributed by atoms with van der Waals surface area (Å²) in [5.41, 5.74) is 0. The van der Waals surface area contributed by atoms with E-state index in [2.05, 4.69) is 42.9 Å². The molecule has 1 rings (SSSR count). The van der Waals surface area contributed by atoms with E-state index >= 15 is 0 Å². The second-order valence-corrected chi connectivity index (χ2v) is 5.82. The zero-order chi connectivity index (χ0) is 15.5. The van der Waals surface area contributed by atoms with Crippen molar-refractivity contribution in [3.8, 4) is 0 Å². The molecule has 1 aliphatic heterocycles. The maximum absolute atomic E-state index is 5.46. The fraction of sp³-hybridized carbons (Fsp3) is 0.812. The van der Waals surface area contributed by atoms with Crippen LogP contribution in [0.3, 0.4) is 0 Å². The van der Waals surface area contributed by atoms with E-state index < -0.39 is 0 Å². The number of halogens is 1. The van der Waals surface area contributed by atoms with Crippen LogP contribution < -0.4 is 10.6 Å². The Kier molecular flexibility index (Phi) is 12.9. The molecule has 0 amide bonds. The Morgan fingerprint density at radius 1 is 1.32 bits per heavy atom. The Hall–Kier alpha value is -0.340.